The minimum Gasteiger partial charge on any atom is -0.318 e. The third kappa shape index (κ3) is 0.816. The van der Waals surface area contributed by atoms with Crippen molar-refractivity contribution in [3.8, 4) is 0 Å². The van der Waals surface area contributed by atoms with Crippen LogP contribution in [0.4, 0.5) is 5.69 Å². The molecular formula is C7H3ClN2O2. The van der Waals surface area contributed by atoms with Crippen LogP contribution in [0.3, 0.4) is 0 Å². The van der Waals surface area contributed by atoms with Crippen molar-refractivity contribution in [1.82, 2.24) is 4.98 Å². The highest BCUT2D eigenvalue weighted by Crippen LogP contribution is 2.27. The number of ketones is 1. The lowest BCUT2D eigenvalue weighted by Gasteiger charge is -1.95. The van der Waals surface area contributed by atoms with Crippen molar-refractivity contribution in [2.24, 2.45) is 0 Å². The lowest BCUT2D eigenvalue weighted by molar-refractivity contribution is -0.112. The van der Waals surface area contributed by atoms with Gasteiger partial charge in [0.2, 0.25) is 0 Å². The third-order valence-electron chi connectivity index (χ3n) is 1.59. The Balaban J connectivity index is 2.70. The summed E-state index contributed by atoms with van der Waals surface area (Å²) >= 11 is 5.61. The third-order valence-corrected chi connectivity index (χ3v) is 1.87. The van der Waals surface area contributed by atoms with Crippen LogP contribution < -0.4 is 5.32 Å². The van der Waals surface area contributed by atoms with E-state index in [1.807, 2.05) is 0 Å². The van der Waals surface area contributed by atoms with Gasteiger partial charge in [-0.1, -0.05) is 11.6 Å². The summed E-state index contributed by atoms with van der Waals surface area (Å²) in [5, 5.41) is 2.44. The Morgan fingerprint density at radius 3 is 2.83 bits per heavy atom. The number of carbonyl (C=O) groups excluding carboxylic acids is 2. The molecule has 0 atom stereocenters. The van der Waals surface area contributed by atoms with E-state index in [-0.39, 0.29) is 10.7 Å². The van der Waals surface area contributed by atoms with Gasteiger partial charge in [0, 0.05) is 6.20 Å². The first-order valence-electron chi connectivity index (χ1n) is 3.20. The fourth-order valence-corrected chi connectivity index (χ4v) is 1.29. The van der Waals surface area contributed by atoms with E-state index in [1.165, 1.54) is 12.3 Å². The molecule has 1 aromatic rings. The average molecular weight is 183 g/mol. The van der Waals surface area contributed by atoms with E-state index in [0.717, 1.165) is 0 Å². The van der Waals surface area contributed by atoms with Crippen molar-refractivity contribution in [3.63, 3.8) is 0 Å². The van der Waals surface area contributed by atoms with E-state index in [1.54, 1.807) is 0 Å². The smallest absolute Gasteiger partial charge is 0.296 e. The van der Waals surface area contributed by atoms with Gasteiger partial charge in [-0.05, 0) is 6.07 Å². The van der Waals surface area contributed by atoms with Gasteiger partial charge in [-0.25, -0.2) is 4.98 Å². The Labute approximate surface area is 72.6 Å². The van der Waals surface area contributed by atoms with E-state index in [9.17, 15) is 9.59 Å². The number of pyridine rings is 1. The lowest BCUT2D eigenvalue weighted by atomic mass is 10.2. The van der Waals surface area contributed by atoms with Gasteiger partial charge in [-0.15, -0.1) is 0 Å². The Hall–Kier alpha value is -1.42. The number of halogens is 1. The lowest BCUT2D eigenvalue weighted by Crippen LogP contribution is -2.12. The Bertz CT molecular complexity index is 389. The van der Waals surface area contributed by atoms with Gasteiger partial charge in [0.15, 0.2) is 0 Å². The largest absolute Gasteiger partial charge is 0.318 e. The molecule has 0 spiro atoms. The highest BCUT2D eigenvalue weighted by Gasteiger charge is 2.30. The Morgan fingerprint density at radius 1 is 1.42 bits per heavy atom. The van der Waals surface area contributed by atoms with Crippen LogP contribution in [0.1, 0.15) is 10.4 Å². The fourth-order valence-electron chi connectivity index (χ4n) is 1.05. The standard InChI is InChI=1S/C7H3ClN2O2/c8-6-4-3(1-2-9-6)10-7(12)5(4)11/h1-2H,(H,10,11,12). The molecule has 2 heterocycles. The highest BCUT2D eigenvalue weighted by molar-refractivity contribution is 6.54. The number of aromatic nitrogens is 1. The molecule has 12 heavy (non-hydrogen) atoms. The fraction of sp³-hybridized carbons (Fsp3) is 0. The molecule has 5 heteroatoms. The summed E-state index contributed by atoms with van der Waals surface area (Å²) < 4.78 is 0. The number of anilines is 1. The van der Waals surface area contributed by atoms with Crippen molar-refractivity contribution in [2.45, 2.75) is 0 Å². The zero-order chi connectivity index (χ0) is 8.72. The number of fused-ring (bicyclic) bond motifs is 1. The molecule has 2 rings (SSSR count). The number of nitrogens with one attached hydrogen (secondary N) is 1. The first-order chi connectivity index (χ1) is 5.70. The van der Waals surface area contributed by atoms with Crippen LogP contribution in [0.25, 0.3) is 0 Å². The Kier molecular flexibility index (Phi) is 1.38. The molecule has 0 aromatic carbocycles. The van der Waals surface area contributed by atoms with Crippen LogP contribution in [-0.2, 0) is 4.79 Å². The predicted octanol–water partition coefficient (Wildman–Crippen LogP) is 0.870. The molecule has 1 aliphatic heterocycles. The second-order valence-corrected chi connectivity index (χ2v) is 2.67. The molecular weight excluding hydrogens is 180 g/mol. The number of Topliss-reactive ketones (excluding diaryl/α,β-unsaturated/α-hetero) is 1. The summed E-state index contributed by atoms with van der Waals surface area (Å²) in [5.74, 6) is -1.27. The van der Waals surface area contributed by atoms with E-state index in [2.05, 4.69) is 10.3 Å². The molecule has 60 valence electrons. The van der Waals surface area contributed by atoms with Gasteiger partial charge in [-0.3, -0.25) is 9.59 Å². The molecule has 0 unspecified atom stereocenters. The monoisotopic (exact) mass is 182 g/mol. The minimum absolute atomic E-state index is 0.0656. The molecule has 0 radical (unpaired) electrons. The van der Waals surface area contributed by atoms with Gasteiger partial charge in [0.1, 0.15) is 5.15 Å². The number of hydrogen-bond donors (Lipinski definition) is 1. The first kappa shape index (κ1) is 7.24. The maximum Gasteiger partial charge on any atom is 0.296 e. The summed E-state index contributed by atoms with van der Waals surface area (Å²) in [4.78, 5) is 25.6. The van der Waals surface area contributed by atoms with Crippen LogP contribution in [0.2, 0.25) is 5.15 Å². The molecule has 1 aliphatic rings. The summed E-state index contributed by atoms with van der Waals surface area (Å²) in [6, 6.07) is 1.53. The molecule has 0 aliphatic carbocycles. The van der Waals surface area contributed by atoms with E-state index >= 15 is 0 Å². The van der Waals surface area contributed by atoms with Crippen molar-refractivity contribution in [2.75, 3.05) is 5.32 Å². The van der Waals surface area contributed by atoms with Gasteiger partial charge in [-0.2, -0.15) is 0 Å². The normalized spacial score (nSPS) is 14.4. The number of amides is 1. The Morgan fingerprint density at radius 2 is 2.17 bits per heavy atom. The van der Waals surface area contributed by atoms with Crippen molar-refractivity contribution >= 4 is 29.0 Å². The molecule has 0 saturated heterocycles. The van der Waals surface area contributed by atoms with E-state index in [4.69, 9.17) is 11.6 Å². The second-order valence-electron chi connectivity index (χ2n) is 2.31. The van der Waals surface area contributed by atoms with Gasteiger partial charge in [0.05, 0.1) is 11.3 Å². The number of nitrogens with zero attached hydrogens (tertiary/aromatic N) is 1. The highest BCUT2D eigenvalue weighted by atomic mass is 35.5. The first-order valence-corrected chi connectivity index (χ1v) is 3.58. The minimum atomic E-state index is -0.653. The predicted molar refractivity (Wildman–Crippen MR) is 42.2 cm³/mol. The zero-order valence-electron chi connectivity index (χ0n) is 5.80. The van der Waals surface area contributed by atoms with Crippen LogP contribution >= 0.6 is 11.6 Å². The summed E-state index contributed by atoms with van der Waals surface area (Å²) in [6.45, 7) is 0. The molecule has 0 fully saturated rings. The van der Waals surface area contributed by atoms with Gasteiger partial charge < -0.3 is 5.32 Å². The summed E-state index contributed by atoms with van der Waals surface area (Å²) in [6.07, 6.45) is 1.43. The van der Waals surface area contributed by atoms with Crippen LogP contribution in [0.5, 0.6) is 0 Å². The van der Waals surface area contributed by atoms with Crippen molar-refractivity contribution in [1.29, 1.82) is 0 Å². The average Bonchev–Trinajstić information content (AvgIpc) is 2.29. The number of carbonyl (C=O) groups is 2. The quantitative estimate of drug-likeness (QED) is 0.479. The van der Waals surface area contributed by atoms with Crippen LogP contribution in [0.15, 0.2) is 12.3 Å². The van der Waals surface area contributed by atoms with Gasteiger partial charge >= 0.3 is 0 Å². The SMILES string of the molecule is O=C1Nc2ccnc(Cl)c2C1=O. The molecule has 4 nitrogen and oxygen atoms in total. The molecule has 1 amide bonds. The van der Waals surface area contributed by atoms with E-state index < -0.39 is 11.7 Å². The maximum absolute atomic E-state index is 11.1. The molecule has 1 aromatic heterocycles. The zero-order valence-corrected chi connectivity index (χ0v) is 6.55. The summed E-state index contributed by atoms with van der Waals surface area (Å²) in [5.41, 5.74) is 0.606. The number of rotatable bonds is 0. The van der Waals surface area contributed by atoms with Gasteiger partial charge in [0.25, 0.3) is 11.7 Å². The second kappa shape index (κ2) is 2.28. The van der Waals surface area contributed by atoms with Crippen LogP contribution in [0, 0.1) is 0 Å². The molecule has 0 saturated carbocycles. The molecule has 1 N–H and O–H groups in total. The maximum atomic E-state index is 11.1. The number of hydrogen-bond acceptors (Lipinski definition) is 3. The van der Waals surface area contributed by atoms with E-state index in [0.29, 0.717) is 5.69 Å². The van der Waals surface area contributed by atoms with Crippen LogP contribution in [-0.4, -0.2) is 16.7 Å². The van der Waals surface area contributed by atoms with Crippen molar-refractivity contribution in [3.05, 3.63) is 23.0 Å². The topological polar surface area (TPSA) is 59.1 Å². The molecule has 0 bridgehead atoms. The van der Waals surface area contributed by atoms with Crippen molar-refractivity contribution < 1.29 is 9.59 Å². The summed E-state index contributed by atoms with van der Waals surface area (Å²) in [7, 11) is 0.